The molecule has 22 heavy (non-hydrogen) atoms. The van der Waals surface area contributed by atoms with Gasteiger partial charge in [0.1, 0.15) is 22.3 Å². The SMILES string of the molecule is COc1ccc([N+](=O)[O-])cc1S(=O)(=O)Nc1ccc(F)cn1. The van der Waals surface area contributed by atoms with Crippen LogP contribution in [0.4, 0.5) is 15.9 Å². The molecule has 0 saturated heterocycles. The highest BCUT2D eigenvalue weighted by molar-refractivity contribution is 7.92. The van der Waals surface area contributed by atoms with Crippen molar-refractivity contribution in [2.45, 2.75) is 4.90 Å². The smallest absolute Gasteiger partial charge is 0.271 e. The van der Waals surface area contributed by atoms with Gasteiger partial charge in [-0.1, -0.05) is 0 Å². The highest BCUT2D eigenvalue weighted by Crippen LogP contribution is 2.29. The lowest BCUT2D eigenvalue weighted by molar-refractivity contribution is -0.385. The molecule has 8 nitrogen and oxygen atoms in total. The number of nitrogens with one attached hydrogen (secondary N) is 1. The molecular formula is C12H10FN3O5S. The third kappa shape index (κ3) is 3.28. The molecule has 2 aromatic rings. The summed E-state index contributed by atoms with van der Waals surface area (Å²) in [7, 11) is -2.96. The average molecular weight is 327 g/mol. The van der Waals surface area contributed by atoms with Crippen molar-refractivity contribution in [3.63, 3.8) is 0 Å². The van der Waals surface area contributed by atoms with Crippen molar-refractivity contribution < 1.29 is 22.5 Å². The number of sulfonamides is 1. The Hall–Kier alpha value is -2.75. The van der Waals surface area contributed by atoms with Gasteiger partial charge in [-0.25, -0.2) is 17.8 Å². The number of ether oxygens (including phenoxy) is 1. The summed E-state index contributed by atoms with van der Waals surface area (Å²) in [6.45, 7) is 0. The van der Waals surface area contributed by atoms with Crippen molar-refractivity contribution >= 4 is 21.5 Å². The van der Waals surface area contributed by atoms with Gasteiger partial charge in [0.05, 0.1) is 18.2 Å². The van der Waals surface area contributed by atoms with Crippen LogP contribution in [0, 0.1) is 15.9 Å². The summed E-state index contributed by atoms with van der Waals surface area (Å²) in [5.74, 6) is -0.828. The summed E-state index contributed by atoms with van der Waals surface area (Å²) in [5.41, 5.74) is -0.409. The minimum absolute atomic E-state index is 0.0692. The lowest BCUT2D eigenvalue weighted by Crippen LogP contribution is -2.15. The molecule has 0 atom stereocenters. The van der Waals surface area contributed by atoms with Gasteiger partial charge in [-0.3, -0.25) is 14.8 Å². The van der Waals surface area contributed by atoms with Crippen LogP contribution in [0.3, 0.4) is 0 Å². The molecule has 0 aliphatic carbocycles. The summed E-state index contributed by atoms with van der Waals surface area (Å²) >= 11 is 0. The second kappa shape index (κ2) is 5.93. The first-order valence-corrected chi connectivity index (χ1v) is 7.28. The van der Waals surface area contributed by atoms with Crippen LogP contribution in [-0.4, -0.2) is 25.4 Å². The van der Waals surface area contributed by atoms with Crippen LogP contribution in [0.15, 0.2) is 41.4 Å². The first-order chi connectivity index (χ1) is 10.3. The largest absolute Gasteiger partial charge is 0.495 e. The fraction of sp³-hybridized carbons (Fsp3) is 0.0833. The fourth-order valence-corrected chi connectivity index (χ4v) is 2.82. The molecule has 0 aliphatic rings. The van der Waals surface area contributed by atoms with E-state index in [1.165, 1.54) is 13.2 Å². The molecule has 0 unspecified atom stereocenters. The van der Waals surface area contributed by atoms with E-state index in [4.69, 9.17) is 4.74 Å². The lowest BCUT2D eigenvalue weighted by atomic mass is 10.3. The Kier molecular flexibility index (Phi) is 4.22. The number of non-ortho nitro benzene ring substituents is 1. The minimum atomic E-state index is -4.19. The van der Waals surface area contributed by atoms with Gasteiger partial charge in [0.15, 0.2) is 0 Å². The predicted molar refractivity (Wildman–Crippen MR) is 74.7 cm³/mol. The number of nitrogens with zero attached hydrogens (tertiary/aromatic N) is 2. The molecule has 1 heterocycles. The monoisotopic (exact) mass is 327 g/mol. The van der Waals surface area contributed by atoms with Crippen molar-refractivity contribution in [1.29, 1.82) is 0 Å². The summed E-state index contributed by atoms with van der Waals surface area (Å²) in [4.78, 5) is 13.2. The minimum Gasteiger partial charge on any atom is -0.495 e. The first kappa shape index (κ1) is 15.6. The van der Waals surface area contributed by atoms with Gasteiger partial charge in [-0.15, -0.1) is 0 Å². The van der Waals surface area contributed by atoms with Crippen LogP contribution < -0.4 is 9.46 Å². The van der Waals surface area contributed by atoms with Gasteiger partial charge < -0.3 is 4.74 Å². The van der Waals surface area contributed by atoms with E-state index in [0.717, 1.165) is 30.5 Å². The van der Waals surface area contributed by atoms with E-state index in [2.05, 4.69) is 9.71 Å². The van der Waals surface area contributed by atoms with Crippen LogP contribution >= 0.6 is 0 Å². The number of hydrogen-bond donors (Lipinski definition) is 1. The topological polar surface area (TPSA) is 111 Å². The Labute approximate surface area is 124 Å². The Morgan fingerprint density at radius 2 is 2.05 bits per heavy atom. The maximum Gasteiger partial charge on any atom is 0.271 e. The van der Waals surface area contributed by atoms with E-state index in [0.29, 0.717) is 0 Å². The molecule has 1 aromatic carbocycles. The molecule has 0 bridgehead atoms. The molecule has 116 valence electrons. The number of nitro benzene ring substituents is 1. The number of anilines is 1. The lowest BCUT2D eigenvalue weighted by Gasteiger charge is -2.10. The van der Waals surface area contributed by atoms with Crippen LogP contribution in [0.5, 0.6) is 5.75 Å². The molecule has 0 radical (unpaired) electrons. The van der Waals surface area contributed by atoms with Gasteiger partial charge in [0.25, 0.3) is 15.7 Å². The third-order valence-corrected chi connectivity index (χ3v) is 3.99. The number of benzene rings is 1. The second-order valence-electron chi connectivity index (χ2n) is 4.06. The van der Waals surface area contributed by atoms with Gasteiger partial charge in [0, 0.05) is 12.1 Å². The zero-order valence-electron chi connectivity index (χ0n) is 11.2. The zero-order chi connectivity index (χ0) is 16.3. The molecule has 0 aliphatic heterocycles. The van der Waals surface area contributed by atoms with E-state index >= 15 is 0 Å². The molecule has 0 fully saturated rings. The molecule has 0 amide bonds. The highest BCUT2D eigenvalue weighted by Gasteiger charge is 2.23. The van der Waals surface area contributed by atoms with Crippen LogP contribution in [0.25, 0.3) is 0 Å². The Balaban J connectivity index is 2.45. The number of nitro groups is 1. The Morgan fingerprint density at radius 1 is 1.32 bits per heavy atom. The number of methoxy groups -OCH3 is 1. The predicted octanol–water partition coefficient (Wildman–Crippen LogP) is 1.94. The molecule has 2 rings (SSSR count). The van der Waals surface area contributed by atoms with E-state index in [-0.39, 0.29) is 11.6 Å². The maximum absolute atomic E-state index is 12.8. The number of pyridine rings is 1. The molecule has 10 heteroatoms. The van der Waals surface area contributed by atoms with Crippen molar-refractivity contribution in [2.24, 2.45) is 0 Å². The number of rotatable bonds is 5. The summed E-state index contributed by atoms with van der Waals surface area (Å²) in [6, 6.07) is 5.30. The van der Waals surface area contributed by atoms with Crippen LogP contribution in [0.1, 0.15) is 0 Å². The van der Waals surface area contributed by atoms with Crippen LogP contribution in [-0.2, 0) is 10.0 Å². The van der Waals surface area contributed by atoms with Crippen molar-refractivity contribution in [1.82, 2.24) is 4.98 Å². The highest BCUT2D eigenvalue weighted by atomic mass is 32.2. The molecule has 0 saturated carbocycles. The van der Waals surface area contributed by atoms with Crippen LogP contribution in [0.2, 0.25) is 0 Å². The van der Waals surface area contributed by atoms with Crippen molar-refractivity contribution in [3.05, 3.63) is 52.5 Å². The van der Waals surface area contributed by atoms with Gasteiger partial charge in [-0.05, 0) is 18.2 Å². The van der Waals surface area contributed by atoms with Gasteiger partial charge >= 0.3 is 0 Å². The average Bonchev–Trinajstić information content (AvgIpc) is 2.48. The maximum atomic E-state index is 12.8. The molecule has 1 N–H and O–H groups in total. The summed E-state index contributed by atoms with van der Waals surface area (Å²) in [5, 5.41) is 10.8. The molecule has 0 spiro atoms. The third-order valence-electron chi connectivity index (χ3n) is 2.61. The first-order valence-electron chi connectivity index (χ1n) is 5.80. The summed E-state index contributed by atoms with van der Waals surface area (Å²) in [6.07, 6.45) is 0.836. The van der Waals surface area contributed by atoms with Crippen molar-refractivity contribution in [2.75, 3.05) is 11.8 Å². The normalized spacial score (nSPS) is 11.0. The Morgan fingerprint density at radius 3 is 2.59 bits per heavy atom. The van der Waals surface area contributed by atoms with Crippen molar-refractivity contribution in [3.8, 4) is 5.75 Å². The Bertz CT molecular complexity index is 808. The van der Waals surface area contributed by atoms with Gasteiger partial charge in [0.2, 0.25) is 0 Å². The fourth-order valence-electron chi connectivity index (χ4n) is 1.62. The second-order valence-corrected chi connectivity index (χ2v) is 5.71. The number of hydrogen-bond acceptors (Lipinski definition) is 6. The van der Waals surface area contributed by atoms with E-state index in [1.807, 2.05) is 0 Å². The quantitative estimate of drug-likeness (QED) is 0.663. The van der Waals surface area contributed by atoms with E-state index in [9.17, 15) is 22.9 Å². The molecular weight excluding hydrogens is 317 g/mol. The van der Waals surface area contributed by atoms with Gasteiger partial charge in [-0.2, -0.15) is 0 Å². The number of halogens is 1. The van der Waals surface area contributed by atoms with E-state index < -0.39 is 31.3 Å². The summed E-state index contributed by atoms with van der Waals surface area (Å²) < 4.78 is 44.4. The van der Waals surface area contributed by atoms with E-state index in [1.54, 1.807) is 0 Å². The molecule has 1 aromatic heterocycles. The zero-order valence-corrected chi connectivity index (χ0v) is 12.0. The number of aromatic nitrogens is 1. The standard InChI is InChI=1S/C12H10FN3O5S/c1-21-10-4-3-9(16(17)18)6-11(10)22(19,20)15-12-5-2-8(13)7-14-12/h2-7H,1H3,(H,14,15).